The van der Waals surface area contributed by atoms with Crippen molar-refractivity contribution in [3.05, 3.63) is 50.1 Å². The van der Waals surface area contributed by atoms with Crippen molar-refractivity contribution >= 4 is 48.7 Å². The number of rotatable bonds is 3. The van der Waals surface area contributed by atoms with Crippen molar-refractivity contribution in [3.8, 4) is 0 Å². The van der Waals surface area contributed by atoms with Gasteiger partial charge in [0.05, 0.1) is 14.1 Å². The van der Waals surface area contributed by atoms with Crippen molar-refractivity contribution in [2.45, 2.75) is 17.2 Å². The third kappa shape index (κ3) is 3.40. The van der Waals surface area contributed by atoms with Crippen molar-refractivity contribution < 1.29 is 8.42 Å². The summed E-state index contributed by atoms with van der Waals surface area (Å²) in [7, 11) is -3.16. The van der Waals surface area contributed by atoms with Gasteiger partial charge in [0.25, 0.3) is 0 Å². The predicted octanol–water partition coefficient (Wildman–Crippen LogP) is 4.55. The molecule has 0 radical (unpaired) electrons. The summed E-state index contributed by atoms with van der Waals surface area (Å²) in [5.41, 5.74) is 1.94. The fraction of sp³-hybridized carbons (Fsp3) is 0.231. The first kappa shape index (κ1) is 15.0. The molecule has 1 aromatic carbocycles. The summed E-state index contributed by atoms with van der Waals surface area (Å²) < 4.78 is 23.8. The molecule has 1 aromatic heterocycles. The lowest BCUT2D eigenvalue weighted by Crippen LogP contribution is -1.98. The van der Waals surface area contributed by atoms with Crippen LogP contribution in [-0.2, 0) is 9.84 Å². The van der Waals surface area contributed by atoms with E-state index in [2.05, 4.69) is 15.9 Å². The zero-order valence-electron chi connectivity index (χ0n) is 10.4. The molecule has 2 aromatic rings. The Bertz CT molecular complexity index is 690. The van der Waals surface area contributed by atoms with Gasteiger partial charge in [0.2, 0.25) is 0 Å². The van der Waals surface area contributed by atoms with E-state index >= 15 is 0 Å². The molecule has 0 bridgehead atoms. The van der Waals surface area contributed by atoms with Gasteiger partial charge in [0.1, 0.15) is 0 Å². The maximum atomic E-state index is 11.4. The van der Waals surface area contributed by atoms with Crippen LogP contribution in [0, 0.1) is 6.92 Å². The fourth-order valence-corrected chi connectivity index (χ4v) is 4.59. The quantitative estimate of drug-likeness (QED) is 0.733. The van der Waals surface area contributed by atoms with Crippen molar-refractivity contribution in [1.29, 1.82) is 0 Å². The second-order valence-corrected chi connectivity index (χ2v) is 9.35. The van der Waals surface area contributed by atoms with Gasteiger partial charge in [-0.15, -0.1) is 22.9 Å². The van der Waals surface area contributed by atoms with Crippen molar-refractivity contribution in [2.24, 2.45) is 0 Å². The van der Waals surface area contributed by atoms with E-state index in [-0.39, 0.29) is 5.38 Å². The highest BCUT2D eigenvalue weighted by Gasteiger charge is 2.16. The maximum absolute atomic E-state index is 11.4. The number of alkyl halides is 1. The number of sulfone groups is 1. The zero-order chi connectivity index (χ0) is 14.2. The number of benzene rings is 1. The Morgan fingerprint density at radius 1 is 1.26 bits per heavy atom. The molecule has 0 saturated heterocycles. The second kappa shape index (κ2) is 5.56. The number of aryl methyl sites for hydroxylation is 1. The lowest BCUT2D eigenvalue weighted by atomic mass is 10.1. The van der Waals surface area contributed by atoms with Crippen LogP contribution in [0.1, 0.15) is 21.4 Å². The summed E-state index contributed by atoms with van der Waals surface area (Å²) in [6.07, 6.45) is 1.19. The monoisotopic (exact) mass is 378 g/mol. The molecule has 1 unspecified atom stereocenters. The molecule has 2 nitrogen and oxygen atoms in total. The molecule has 1 atom stereocenters. The van der Waals surface area contributed by atoms with Crippen molar-refractivity contribution in [2.75, 3.05) is 6.26 Å². The Labute approximate surface area is 130 Å². The van der Waals surface area contributed by atoms with Crippen LogP contribution < -0.4 is 0 Å². The molecule has 0 N–H and O–H groups in total. The van der Waals surface area contributed by atoms with Gasteiger partial charge in [-0.2, -0.15) is 0 Å². The van der Waals surface area contributed by atoms with Crippen LogP contribution in [0.4, 0.5) is 0 Å². The van der Waals surface area contributed by atoms with Gasteiger partial charge in [-0.3, -0.25) is 0 Å². The lowest BCUT2D eigenvalue weighted by molar-refractivity contribution is 0.602. The van der Waals surface area contributed by atoms with Crippen LogP contribution >= 0.6 is 38.9 Å². The van der Waals surface area contributed by atoms with Crippen LogP contribution in [0.15, 0.2) is 39.0 Å². The standard InChI is InChI=1S/C13H12BrClO2S2/c1-8-11(7-12(14)18-8)13(15)9-3-5-10(6-4-9)19(2,16)17/h3-7,13H,1-2H3. The normalized spacial score (nSPS) is 13.5. The highest BCUT2D eigenvalue weighted by molar-refractivity contribution is 9.11. The van der Waals surface area contributed by atoms with Gasteiger partial charge in [-0.25, -0.2) is 8.42 Å². The molecule has 1 heterocycles. The lowest BCUT2D eigenvalue weighted by Gasteiger charge is -2.10. The van der Waals surface area contributed by atoms with Crippen LogP contribution in [-0.4, -0.2) is 14.7 Å². The topological polar surface area (TPSA) is 34.1 Å². The van der Waals surface area contributed by atoms with Crippen LogP contribution in [0.2, 0.25) is 0 Å². The SMILES string of the molecule is Cc1sc(Br)cc1C(Cl)c1ccc(S(C)(=O)=O)cc1. The number of halogens is 2. The highest BCUT2D eigenvalue weighted by Crippen LogP contribution is 2.37. The molecular formula is C13H12BrClO2S2. The molecule has 6 heteroatoms. The van der Waals surface area contributed by atoms with Gasteiger partial charge in [-0.05, 0) is 52.2 Å². The summed E-state index contributed by atoms with van der Waals surface area (Å²) in [4.78, 5) is 1.46. The number of hydrogen-bond donors (Lipinski definition) is 0. The van der Waals surface area contributed by atoms with Crippen LogP contribution in [0.5, 0.6) is 0 Å². The molecule has 0 aliphatic rings. The van der Waals surface area contributed by atoms with Crippen molar-refractivity contribution in [3.63, 3.8) is 0 Å². The van der Waals surface area contributed by atoms with E-state index in [1.807, 2.05) is 13.0 Å². The molecule has 0 saturated carbocycles. The molecule has 102 valence electrons. The highest BCUT2D eigenvalue weighted by atomic mass is 79.9. The minimum atomic E-state index is -3.16. The summed E-state index contributed by atoms with van der Waals surface area (Å²) in [6, 6.07) is 8.72. The average molecular weight is 380 g/mol. The van der Waals surface area contributed by atoms with E-state index < -0.39 is 9.84 Å². The summed E-state index contributed by atoms with van der Waals surface area (Å²) in [5, 5.41) is -0.267. The minimum Gasteiger partial charge on any atom is -0.224 e. The Balaban J connectivity index is 2.35. The largest absolute Gasteiger partial charge is 0.224 e. The smallest absolute Gasteiger partial charge is 0.175 e. The van der Waals surface area contributed by atoms with Gasteiger partial charge in [0, 0.05) is 11.1 Å². The van der Waals surface area contributed by atoms with Gasteiger partial charge in [-0.1, -0.05) is 12.1 Å². The molecular weight excluding hydrogens is 368 g/mol. The number of thiophene rings is 1. The summed E-state index contributed by atoms with van der Waals surface area (Å²) in [6.45, 7) is 2.02. The first-order valence-electron chi connectivity index (χ1n) is 5.49. The van der Waals surface area contributed by atoms with Crippen LogP contribution in [0.3, 0.4) is 0 Å². The third-order valence-electron chi connectivity index (χ3n) is 2.80. The van der Waals surface area contributed by atoms with E-state index in [0.717, 1.165) is 19.8 Å². The molecule has 0 aliphatic carbocycles. The average Bonchev–Trinajstić information content (AvgIpc) is 2.66. The van der Waals surface area contributed by atoms with E-state index in [0.29, 0.717) is 4.90 Å². The summed E-state index contributed by atoms with van der Waals surface area (Å²) in [5.74, 6) is 0. The zero-order valence-corrected chi connectivity index (χ0v) is 14.3. The molecule has 0 fully saturated rings. The van der Waals surface area contributed by atoms with E-state index in [9.17, 15) is 8.42 Å². The molecule has 2 rings (SSSR count). The first-order valence-corrected chi connectivity index (χ1v) is 9.42. The maximum Gasteiger partial charge on any atom is 0.175 e. The van der Waals surface area contributed by atoms with E-state index in [1.165, 1.54) is 6.26 Å². The predicted molar refractivity (Wildman–Crippen MR) is 84.0 cm³/mol. The minimum absolute atomic E-state index is 0.267. The molecule has 0 aliphatic heterocycles. The Morgan fingerprint density at radius 2 is 1.84 bits per heavy atom. The van der Waals surface area contributed by atoms with Crippen molar-refractivity contribution in [1.82, 2.24) is 0 Å². The Hall–Kier alpha value is -0.360. The Kier molecular flexibility index (Phi) is 4.40. The third-order valence-corrected chi connectivity index (χ3v) is 5.98. The Morgan fingerprint density at radius 3 is 2.26 bits per heavy atom. The van der Waals surface area contributed by atoms with Gasteiger partial charge >= 0.3 is 0 Å². The first-order chi connectivity index (χ1) is 8.79. The second-order valence-electron chi connectivity index (χ2n) is 4.27. The fourth-order valence-electron chi connectivity index (χ4n) is 1.77. The molecule has 19 heavy (non-hydrogen) atoms. The van der Waals surface area contributed by atoms with Gasteiger partial charge < -0.3 is 0 Å². The van der Waals surface area contributed by atoms with Crippen LogP contribution in [0.25, 0.3) is 0 Å². The number of hydrogen-bond acceptors (Lipinski definition) is 3. The van der Waals surface area contributed by atoms with Gasteiger partial charge in [0.15, 0.2) is 9.84 Å². The molecule has 0 spiro atoms. The van der Waals surface area contributed by atoms with E-state index in [4.69, 9.17) is 11.6 Å². The van der Waals surface area contributed by atoms with E-state index in [1.54, 1.807) is 35.6 Å². The molecule has 0 amide bonds. The summed E-state index contributed by atoms with van der Waals surface area (Å²) >= 11 is 11.5.